The number of ether oxygens (including phenoxy) is 1. The van der Waals surface area contributed by atoms with Gasteiger partial charge in [-0.25, -0.2) is 12.8 Å². The minimum Gasteiger partial charge on any atom is -0.395 e. The molecule has 114 valence electrons. The van der Waals surface area contributed by atoms with E-state index in [9.17, 15) is 12.8 Å². The standard InChI is InChI=1S/C13H21FN2O3S/c1-4-10(2)16(8-9-19-3)20(17,18)12-7-5-6-11(14)13(12)15/h5-7,10H,4,8-9,15H2,1-3H3. The third-order valence-corrected chi connectivity index (χ3v) is 5.27. The van der Waals surface area contributed by atoms with Gasteiger partial charge in [-0.05, 0) is 25.5 Å². The van der Waals surface area contributed by atoms with Crippen molar-refractivity contribution in [3.63, 3.8) is 0 Å². The first-order chi connectivity index (χ1) is 9.36. The van der Waals surface area contributed by atoms with Gasteiger partial charge in [-0.1, -0.05) is 13.0 Å². The fourth-order valence-corrected chi connectivity index (χ4v) is 3.65. The van der Waals surface area contributed by atoms with Gasteiger partial charge in [0.1, 0.15) is 10.7 Å². The summed E-state index contributed by atoms with van der Waals surface area (Å²) in [5.74, 6) is -0.734. The molecule has 0 aromatic heterocycles. The Labute approximate surface area is 119 Å². The molecule has 0 fully saturated rings. The smallest absolute Gasteiger partial charge is 0.245 e. The summed E-state index contributed by atoms with van der Waals surface area (Å²) in [6, 6.07) is 3.56. The number of nitrogens with two attached hydrogens (primary N) is 1. The number of nitrogen functional groups attached to an aromatic ring is 1. The lowest BCUT2D eigenvalue weighted by atomic mass is 10.3. The normalized spacial score (nSPS) is 13.7. The highest BCUT2D eigenvalue weighted by atomic mass is 32.2. The summed E-state index contributed by atoms with van der Waals surface area (Å²) >= 11 is 0. The van der Waals surface area contributed by atoms with E-state index < -0.39 is 15.8 Å². The van der Waals surface area contributed by atoms with Crippen molar-refractivity contribution in [3.8, 4) is 0 Å². The highest BCUT2D eigenvalue weighted by Gasteiger charge is 2.30. The molecule has 5 nitrogen and oxygen atoms in total. The van der Waals surface area contributed by atoms with Crippen LogP contribution >= 0.6 is 0 Å². The lowest BCUT2D eigenvalue weighted by Crippen LogP contribution is -2.40. The Kier molecular flexibility index (Phi) is 5.91. The molecule has 0 spiro atoms. The van der Waals surface area contributed by atoms with Crippen LogP contribution in [-0.4, -0.2) is 39.0 Å². The van der Waals surface area contributed by atoms with E-state index in [0.29, 0.717) is 6.42 Å². The number of hydrogen-bond acceptors (Lipinski definition) is 4. The molecule has 1 rings (SSSR count). The largest absolute Gasteiger partial charge is 0.395 e. The van der Waals surface area contributed by atoms with Gasteiger partial charge in [0.2, 0.25) is 10.0 Å². The van der Waals surface area contributed by atoms with Gasteiger partial charge in [0.25, 0.3) is 0 Å². The molecule has 7 heteroatoms. The average Bonchev–Trinajstić information content (AvgIpc) is 2.41. The second-order valence-electron chi connectivity index (χ2n) is 4.52. The van der Waals surface area contributed by atoms with Crippen molar-refractivity contribution in [1.29, 1.82) is 0 Å². The fourth-order valence-electron chi connectivity index (χ4n) is 1.83. The van der Waals surface area contributed by atoms with Gasteiger partial charge < -0.3 is 10.5 Å². The van der Waals surface area contributed by atoms with Crippen LogP contribution < -0.4 is 5.73 Å². The molecular formula is C13H21FN2O3S. The molecule has 0 aliphatic rings. The first-order valence-electron chi connectivity index (χ1n) is 6.41. The maximum Gasteiger partial charge on any atom is 0.245 e. The van der Waals surface area contributed by atoms with Crippen molar-refractivity contribution in [2.24, 2.45) is 0 Å². The Balaban J connectivity index is 3.25. The van der Waals surface area contributed by atoms with Crippen LogP contribution in [-0.2, 0) is 14.8 Å². The molecule has 1 unspecified atom stereocenters. The molecule has 0 aliphatic heterocycles. The maximum absolute atomic E-state index is 13.5. The number of nitrogens with zero attached hydrogens (tertiary/aromatic N) is 1. The zero-order valence-corrected chi connectivity index (χ0v) is 12.8. The molecule has 0 saturated heterocycles. The molecule has 2 N–H and O–H groups in total. The van der Waals surface area contributed by atoms with Gasteiger partial charge in [0.05, 0.1) is 12.3 Å². The van der Waals surface area contributed by atoms with Crippen molar-refractivity contribution in [1.82, 2.24) is 4.31 Å². The summed E-state index contributed by atoms with van der Waals surface area (Å²) in [5.41, 5.74) is 5.22. The Hall–Kier alpha value is -1.18. The van der Waals surface area contributed by atoms with E-state index in [1.54, 1.807) is 6.92 Å². The predicted octanol–water partition coefficient (Wildman–Crippen LogP) is 1.84. The summed E-state index contributed by atoms with van der Waals surface area (Å²) in [7, 11) is -2.35. The minimum absolute atomic E-state index is 0.198. The Morgan fingerprint density at radius 1 is 1.45 bits per heavy atom. The molecule has 0 saturated carbocycles. The maximum atomic E-state index is 13.5. The van der Waals surface area contributed by atoms with E-state index in [2.05, 4.69) is 0 Å². The molecule has 0 amide bonds. The lowest BCUT2D eigenvalue weighted by Gasteiger charge is -2.28. The van der Waals surface area contributed by atoms with Gasteiger partial charge in [-0.2, -0.15) is 4.31 Å². The highest BCUT2D eigenvalue weighted by molar-refractivity contribution is 7.89. The third kappa shape index (κ3) is 3.47. The Morgan fingerprint density at radius 2 is 2.10 bits per heavy atom. The minimum atomic E-state index is -3.85. The quantitative estimate of drug-likeness (QED) is 0.780. The van der Waals surface area contributed by atoms with E-state index in [-0.39, 0.29) is 29.8 Å². The zero-order valence-electron chi connectivity index (χ0n) is 12.0. The first-order valence-corrected chi connectivity index (χ1v) is 7.85. The van der Waals surface area contributed by atoms with Crippen molar-refractivity contribution in [2.45, 2.75) is 31.2 Å². The topological polar surface area (TPSA) is 72.6 Å². The van der Waals surface area contributed by atoms with E-state index >= 15 is 0 Å². The van der Waals surface area contributed by atoms with Crippen LogP contribution in [0.1, 0.15) is 20.3 Å². The van der Waals surface area contributed by atoms with Crippen LogP contribution in [0.4, 0.5) is 10.1 Å². The van der Waals surface area contributed by atoms with E-state index in [0.717, 1.165) is 6.07 Å². The van der Waals surface area contributed by atoms with Gasteiger partial charge in [0, 0.05) is 19.7 Å². The number of sulfonamides is 1. The number of benzene rings is 1. The zero-order chi connectivity index (χ0) is 15.3. The number of methoxy groups -OCH3 is 1. The van der Waals surface area contributed by atoms with E-state index in [1.165, 1.54) is 23.5 Å². The monoisotopic (exact) mass is 304 g/mol. The molecule has 0 aliphatic carbocycles. The SMILES string of the molecule is CCC(C)N(CCOC)S(=O)(=O)c1cccc(F)c1N. The first kappa shape index (κ1) is 16.9. The van der Waals surface area contributed by atoms with Gasteiger partial charge >= 0.3 is 0 Å². The fraction of sp³-hybridized carbons (Fsp3) is 0.538. The third-order valence-electron chi connectivity index (χ3n) is 3.20. The number of hydrogen-bond donors (Lipinski definition) is 1. The second kappa shape index (κ2) is 7.01. The number of halogens is 1. The highest BCUT2D eigenvalue weighted by Crippen LogP contribution is 2.26. The van der Waals surface area contributed by atoms with Crippen molar-refractivity contribution >= 4 is 15.7 Å². The Bertz CT molecular complexity index is 549. The van der Waals surface area contributed by atoms with Gasteiger partial charge in [-0.3, -0.25) is 0 Å². The molecule has 1 aromatic rings. The van der Waals surface area contributed by atoms with Crippen molar-refractivity contribution in [2.75, 3.05) is 26.0 Å². The summed E-state index contributed by atoms with van der Waals surface area (Å²) in [5, 5.41) is 0. The van der Waals surface area contributed by atoms with Crippen LogP contribution in [0.2, 0.25) is 0 Å². The van der Waals surface area contributed by atoms with Crippen molar-refractivity contribution in [3.05, 3.63) is 24.0 Å². The summed E-state index contributed by atoms with van der Waals surface area (Å²) in [4.78, 5) is -0.200. The van der Waals surface area contributed by atoms with Gasteiger partial charge in [-0.15, -0.1) is 0 Å². The second-order valence-corrected chi connectivity index (χ2v) is 6.38. The molecule has 1 atom stereocenters. The molecular weight excluding hydrogens is 283 g/mol. The lowest BCUT2D eigenvalue weighted by molar-refractivity contribution is 0.167. The van der Waals surface area contributed by atoms with Crippen LogP contribution in [0.15, 0.2) is 23.1 Å². The van der Waals surface area contributed by atoms with Crippen LogP contribution in [0.5, 0.6) is 0 Å². The number of anilines is 1. The van der Waals surface area contributed by atoms with E-state index in [4.69, 9.17) is 10.5 Å². The molecule has 1 aromatic carbocycles. The number of para-hydroxylation sites is 1. The molecule has 0 radical (unpaired) electrons. The molecule has 0 heterocycles. The summed E-state index contributed by atoms with van der Waals surface area (Å²) < 4.78 is 45.0. The van der Waals surface area contributed by atoms with Crippen LogP contribution in [0.3, 0.4) is 0 Å². The van der Waals surface area contributed by atoms with Crippen LogP contribution in [0.25, 0.3) is 0 Å². The average molecular weight is 304 g/mol. The summed E-state index contributed by atoms with van der Waals surface area (Å²) in [6.07, 6.45) is 0.637. The number of rotatable bonds is 7. The van der Waals surface area contributed by atoms with E-state index in [1.807, 2.05) is 6.92 Å². The van der Waals surface area contributed by atoms with Crippen molar-refractivity contribution < 1.29 is 17.5 Å². The molecule has 20 heavy (non-hydrogen) atoms. The summed E-state index contributed by atoms with van der Waals surface area (Å²) in [6.45, 7) is 4.14. The predicted molar refractivity (Wildman–Crippen MR) is 76.3 cm³/mol. The van der Waals surface area contributed by atoms with Gasteiger partial charge in [0.15, 0.2) is 0 Å². The Morgan fingerprint density at radius 3 is 2.65 bits per heavy atom. The molecule has 0 bridgehead atoms. The van der Waals surface area contributed by atoms with Crippen LogP contribution in [0, 0.1) is 5.82 Å².